The van der Waals surface area contributed by atoms with Crippen LogP contribution in [0.3, 0.4) is 0 Å². The second-order valence-corrected chi connectivity index (χ2v) is 5.72. The number of methoxy groups -OCH3 is 2. The van der Waals surface area contributed by atoms with Gasteiger partial charge in [0, 0.05) is 0 Å². The van der Waals surface area contributed by atoms with E-state index in [2.05, 4.69) is 15.9 Å². The van der Waals surface area contributed by atoms with E-state index in [1.54, 1.807) is 12.1 Å². The van der Waals surface area contributed by atoms with Crippen LogP contribution in [0.4, 0.5) is 0 Å². The van der Waals surface area contributed by atoms with Crippen molar-refractivity contribution in [1.82, 2.24) is 0 Å². The Kier molecular flexibility index (Phi) is 4.79. The largest absolute Gasteiger partial charge is 0.495 e. The molecular formula is C10H13BrO5S. The maximum absolute atomic E-state index is 10.9. The van der Waals surface area contributed by atoms with Crippen LogP contribution in [0.15, 0.2) is 16.6 Å². The molecule has 0 aliphatic rings. The Morgan fingerprint density at radius 3 is 2.00 bits per heavy atom. The number of benzene rings is 1. The minimum atomic E-state index is -3.46. The molecule has 96 valence electrons. The lowest BCUT2D eigenvalue weighted by Gasteiger charge is -2.11. The van der Waals surface area contributed by atoms with Crippen LogP contribution in [0.1, 0.15) is 5.56 Å². The van der Waals surface area contributed by atoms with Gasteiger partial charge < -0.3 is 9.47 Å². The van der Waals surface area contributed by atoms with Gasteiger partial charge in [0.25, 0.3) is 10.1 Å². The van der Waals surface area contributed by atoms with Crippen LogP contribution < -0.4 is 9.47 Å². The molecule has 17 heavy (non-hydrogen) atoms. The third kappa shape index (κ3) is 4.18. The van der Waals surface area contributed by atoms with Crippen LogP contribution >= 0.6 is 15.9 Å². The monoisotopic (exact) mass is 324 g/mol. The molecule has 0 saturated carbocycles. The van der Waals surface area contributed by atoms with E-state index in [1.807, 2.05) is 0 Å². The topological polar surface area (TPSA) is 61.8 Å². The molecule has 0 spiro atoms. The van der Waals surface area contributed by atoms with Gasteiger partial charge in [0.2, 0.25) is 0 Å². The lowest BCUT2D eigenvalue weighted by atomic mass is 10.2. The number of hydrogen-bond acceptors (Lipinski definition) is 5. The Bertz CT molecular complexity index is 472. The highest BCUT2D eigenvalue weighted by molar-refractivity contribution is 9.10. The summed E-state index contributed by atoms with van der Waals surface area (Å²) in [4.78, 5) is 0. The second-order valence-electron chi connectivity index (χ2n) is 3.28. The summed E-state index contributed by atoms with van der Waals surface area (Å²) in [5.41, 5.74) is 0.646. The van der Waals surface area contributed by atoms with Crippen molar-refractivity contribution >= 4 is 26.0 Å². The van der Waals surface area contributed by atoms with Gasteiger partial charge in [-0.05, 0) is 33.6 Å². The van der Waals surface area contributed by atoms with Gasteiger partial charge in [-0.2, -0.15) is 8.42 Å². The lowest BCUT2D eigenvalue weighted by molar-refractivity contribution is 0.309. The predicted molar refractivity (Wildman–Crippen MR) is 66.9 cm³/mol. The highest BCUT2D eigenvalue weighted by Gasteiger charge is 2.11. The highest BCUT2D eigenvalue weighted by Crippen LogP contribution is 2.35. The molecule has 0 saturated heterocycles. The van der Waals surface area contributed by atoms with Crippen molar-refractivity contribution in [2.75, 3.05) is 20.5 Å². The van der Waals surface area contributed by atoms with Gasteiger partial charge in [-0.1, -0.05) is 0 Å². The maximum atomic E-state index is 10.9. The van der Waals surface area contributed by atoms with E-state index in [1.165, 1.54) is 14.2 Å². The molecule has 5 nitrogen and oxygen atoms in total. The Labute approximate surface area is 109 Å². The van der Waals surface area contributed by atoms with E-state index < -0.39 is 10.1 Å². The molecule has 1 aromatic rings. The normalized spacial score (nSPS) is 11.3. The fourth-order valence-electron chi connectivity index (χ4n) is 1.18. The molecule has 0 N–H and O–H groups in total. The van der Waals surface area contributed by atoms with Crippen molar-refractivity contribution < 1.29 is 22.1 Å². The first kappa shape index (κ1) is 14.3. The zero-order valence-electron chi connectivity index (χ0n) is 9.69. The number of ether oxygens (including phenoxy) is 2. The molecule has 0 aliphatic heterocycles. The molecule has 1 aromatic carbocycles. The lowest BCUT2D eigenvalue weighted by Crippen LogP contribution is -2.03. The average Bonchev–Trinajstić information content (AvgIpc) is 2.26. The van der Waals surface area contributed by atoms with E-state index >= 15 is 0 Å². The number of halogens is 1. The minimum Gasteiger partial charge on any atom is -0.495 e. The number of hydrogen-bond donors (Lipinski definition) is 0. The van der Waals surface area contributed by atoms with Crippen LogP contribution in [-0.2, 0) is 20.9 Å². The zero-order valence-corrected chi connectivity index (χ0v) is 12.1. The van der Waals surface area contributed by atoms with Gasteiger partial charge in [0.1, 0.15) is 16.0 Å². The first-order valence-electron chi connectivity index (χ1n) is 4.62. The van der Waals surface area contributed by atoms with Crippen molar-refractivity contribution in [3.8, 4) is 11.5 Å². The molecule has 0 aromatic heterocycles. The Morgan fingerprint density at radius 2 is 1.65 bits per heavy atom. The summed E-state index contributed by atoms with van der Waals surface area (Å²) < 4.78 is 37.4. The summed E-state index contributed by atoms with van der Waals surface area (Å²) in [6.45, 7) is -0.0567. The number of rotatable bonds is 5. The van der Waals surface area contributed by atoms with Gasteiger partial charge >= 0.3 is 0 Å². The van der Waals surface area contributed by atoms with E-state index in [4.69, 9.17) is 13.7 Å². The van der Waals surface area contributed by atoms with Crippen LogP contribution in [0, 0.1) is 0 Å². The standard InChI is InChI=1S/C10H13BrO5S/c1-14-8-4-7(6-16-17(3,12)13)5-9(15-2)10(8)11/h4-5H,6H2,1-3H3. The predicted octanol–water partition coefficient (Wildman–Crippen LogP) is 1.94. The Balaban J connectivity index is 3.01. The minimum absolute atomic E-state index is 0.0567. The molecular weight excluding hydrogens is 312 g/mol. The van der Waals surface area contributed by atoms with Crippen molar-refractivity contribution in [2.24, 2.45) is 0 Å². The molecule has 0 unspecified atom stereocenters. The van der Waals surface area contributed by atoms with Gasteiger partial charge in [-0.25, -0.2) is 0 Å². The summed E-state index contributed by atoms with van der Waals surface area (Å²) >= 11 is 3.32. The Morgan fingerprint density at radius 1 is 1.18 bits per heavy atom. The molecule has 0 fully saturated rings. The first-order valence-corrected chi connectivity index (χ1v) is 7.23. The fraction of sp³-hybridized carbons (Fsp3) is 0.400. The van der Waals surface area contributed by atoms with Crippen molar-refractivity contribution in [3.05, 3.63) is 22.2 Å². The summed E-state index contributed by atoms with van der Waals surface area (Å²) in [7, 11) is -0.436. The quantitative estimate of drug-likeness (QED) is 0.774. The summed E-state index contributed by atoms with van der Waals surface area (Å²) in [6, 6.07) is 3.36. The van der Waals surface area contributed by atoms with Crippen molar-refractivity contribution in [3.63, 3.8) is 0 Å². The third-order valence-electron chi connectivity index (χ3n) is 1.95. The van der Waals surface area contributed by atoms with Crippen molar-refractivity contribution in [1.29, 1.82) is 0 Å². The van der Waals surface area contributed by atoms with Gasteiger partial charge in [0.05, 0.1) is 27.1 Å². The zero-order chi connectivity index (χ0) is 13.1. The molecule has 0 bridgehead atoms. The summed E-state index contributed by atoms with van der Waals surface area (Å²) in [6.07, 6.45) is 1.00. The smallest absolute Gasteiger partial charge is 0.264 e. The van der Waals surface area contributed by atoms with Crippen LogP contribution in [0.5, 0.6) is 11.5 Å². The molecule has 1 rings (SSSR count). The van der Waals surface area contributed by atoms with E-state index in [0.29, 0.717) is 21.5 Å². The Hall–Kier alpha value is -0.790. The van der Waals surface area contributed by atoms with E-state index in [0.717, 1.165) is 6.26 Å². The molecule has 0 radical (unpaired) electrons. The van der Waals surface area contributed by atoms with Gasteiger partial charge in [-0.15, -0.1) is 0 Å². The fourth-order valence-corrected chi connectivity index (χ4v) is 2.08. The third-order valence-corrected chi connectivity index (χ3v) is 3.27. The van der Waals surface area contributed by atoms with E-state index in [-0.39, 0.29) is 6.61 Å². The van der Waals surface area contributed by atoms with Crippen LogP contribution in [0.2, 0.25) is 0 Å². The van der Waals surface area contributed by atoms with Crippen LogP contribution in [0.25, 0.3) is 0 Å². The van der Waals surface area contributed by atoms with Crippen LogP contribution in [-0.4, -0.2) is 28.9 Å². The molecule has 0 aliphatic carbocycles. The molecule has 0 atom stereocenters. The summed E-state index contributed by atoms with van der Waals surface area (Å²) in [5, 5.41) is 0. The molecule has 0 amide bonds. The second kappa shape index (κ2) is 5.70. The molecule has 7 heteroatoms. The highest BCUT2D eigenvalue weighted by atomic mass is 79.9. The summed E-state index contributed by atoms with van der Waals surface area (Å²) in [5.74, 6) is 1.10. The van der Waals surface area contributed by atoms with Gasteiger partial charge in [-0.3, -0.25) is 4.18 Å². The van der Waals surface area contributed by atoms with Gasteiger partial charge in [0.15, 0.2) is 0 Å². The maximum Gasteiger partial charge on any atom is 0.264 e. The molecule has 0 heterocycles. The van der Waals surface area contributed by atoms with Crippen molar-refractivity contribution in [2.45, 2.75) is 6.61 Å². The first-order chi connectivity index (χ1) is 7.87. The average molecular weight is 325 g/mol. The van der Waals surface area contributed by atoms with E-state index in [9.17, 15) is 8.42 Å². The SMILES string of the molecule is COc1cc(COS(C)(=O)=O)cc(OC)c1Br.